The normalized spacial score (nSPS) is 13.4. The largest absolute Gasteiger partial charge is 0.372 e. The predicted molar refractivity (Wildman–Crippen MR) is 301 cm³/mol. The lowest BCUT2D eigenvalue weighted by atomic mass is 9.98. The number of carbonyl (C=O) groups excluding carboxylic acids is 4. The smallest absolute Gasteiger partial charge is 0.253 e. The van der Waals surface area contributed by atoms with Crippen LogP contribution in [0.25, 0.3) is 90.9 Å². The van der Waals surface area contributed by atoms with Crippen LogP contribution >= 0.6 is 0 Å². The highest BCUT2D eigenvalue weighted by molar-refractivity contribution is 6.11. The van der Waals surface area contributed by atoms with Crippen molar-refractivity contribution in [2.24, 2.45) is 0 Å². The molecule has 8 bridgehead atoms. The van der Waals surface area contributed by atoms with Crippen molar-refractivity contribution in [3.63, 3.8) is 0 Å². The van der Waals surface area contributed by atoms with E-state index < -0.39 is 48.0 Å². The summed E-state index contributed by atoms with van der Waals surface area (Å²) in [6.45, 7) is 6.61. The minimum atomic E-state index is -0.810. The molecule has 5 heterocycles. The van der Waals surface area contributed by atoms with E-state index in [0.29, 0.717) is 89.8 Å². The second kappa shape index (κ2) is 22.8. The summed E-state index contributed by atoms with van der Waals surface area (Å²) in [5, 5.41) is 12.3. The molecule has 16 heteroatoms. The van der Waals surface area contributed by atoms with E-state index in [1.807, 2.05) is 109 Å². The predicted octanol–water partition coefficient (Wildman–Crippen LogP) is 11.2. The molecule has 0 saturated carbocycles. The summed E-state index contributed by atoms with van der Waals surface area (Å²) < 4.78 is 21.8. The van der Waals surface area contributed by atoms with Crippen LogP contribution in [-0.2, 0) is 38.1 Å². The molecule has 76 heavy (non-hydrogen) atoms. The second-order valence-electron chi connectivity index (χ2n) is 18.2. The highest BCUT2D eigenvalue weighted by Crippen LogP contribution is 2.45. The fraction of sp³-hybridized carbons (Fsp3) is 0.200. The van der Waals surface area contributed by atoms with E-state index in [4.69, 9.17) is 28.9 Å². The molecular formula is C60H58N8O8. The number of amides is 4. The fourth-order valence-corrected chi connectivity index (χ4v) is 8.97. The van der Waals surface area contributed by atoms with Gasteiger partial charge >= 0.3 is 0 Å². The van der Waals surface area contributed by atoms with Crippen LogP contribution in [0.15, 0.2) is 121 Å². The molecule has 2 aliphatic rings. The van der Waals surface area contributed by atoms with Crippen molar-refractivity contribution in [3.8, 4) is 44.5 Å². The third-order valence-electron chi connectivity index (χ3n) is 13.4. The van der Waals surface area contributed by atoms with E-state index in [2.05, 4.69) is 31.2 Å². The quantitative estimate of drug-likeness (QED) is 0.0539. The number of anilines is 4. The summed E-state index contributed by atoms with van der Waals surface area (Å²) in [6.07, 6.45) is 4.45. The summed E-state index contributed by atoms with van der Waals surface area (Å²) >= 11 is 0. The molecule has 9 rings (SSSR count). The van der Waals surface area contributed by atoms with Crippen molar-refractivity contribution in [3.05, 3.63) is 144 Å². The van der Waals surface area contributed by atoms with E-state index in [9.17, 15) is 19.2 Å². The maximum atomic E-state index is 13.8. The highest BCUT2D eigenvalue weighted by atomic mass is 16.5. The number of fused-ring (bicyclic) bond motifs is 8. The topological polar surface area (TPSA) is 211 Å². The maximum absolute atomic E-state index is 13.8. The van der Waals surface area contributed by atoms with Crippen LogP contribution in [0.4, 0.5) is 22.7 Å². The summed E-state index contributed by atoms with van der Waals surface area (Å²) in [5.74, 6) is -1.61. The molecule has 0 radical (unpaired) electrons. The van der Waals surface area contributed by atoms with Crippen molar-refractivity contribution in [2.75, 3.05) is 49.7 Å². The van der Waals surface area contributed by atoms with E-state index in [1.165, 1.54) is 28.4 Å². The Hall–Kier alpha value is -8.80. The van der Waals surface area contributed by atoms with Crippen LogP contribution in [0.2, 0.25) is 0 Å². The molecule has 0 unspecified atom stereocenters. The molecule has 4 atom stereocenters. The van der Waals surface area contributed by atoms with Crippen LogP contribution in [-0.4, -0.2) is 96.4 Å². The van der Waals surface area contributed by atoms with Crippen molar-refractivity contribution in [2.45, 2.75) is 52.1 Å². The molecule has 16 nitrogen and oxygen atoms in total. The van der Waals surface area contributed by atoms with Gasteiger partial charge in [0, 0.05) is 83.9 Å². The summed E-state index contributed by atoms with van der Waals surface area (Å²) in [4.78, 5) is 73.4. The summed E-state index contributed by atoms with van der Waals surface area (Å²) in [7, 11) is 5.85. The first-order valence-electron chi connectivity index (χ1n) is 24.7. The first-order chi connectivity index (χ1) is 36.8. The zero-order valence-corrected chi connectivity index (χ0v) is 43.3. The molecule has 6 N–H and O–H groups in total. The molecular weight excluding hydrogens is 961 g/mol. The number of carbonyl (C=O) groups is 4. The molecule has 7 aromatic rings. The van der Waals surface area contributed by atoms with Gasteiger partial charge in [-0.15, -0.1) is 0 Å². The number of aromatic nitrogens is 4. The SMILES string of the molecule is CO[C@@H](C)C(=O)Nc1cccc(NC(=O)[C@@H](C)OC)c1-c1c2nc(c(-c3ccccc3)c3ccc([nH]3)c(-c3c(NC(=O)[C@H](C)OC)cccc3NC(=O)[C@@H](C)OC)c3nc(c(-c4ccccc4)c4ccc1[nH]4)C=C3)C=C2. The monoisotopic (exact) mass is 1020 g/mol. The number of benzene rings is 4. The average Bonchev–Trinajstić information content (AvgIpc) is 4.31. The number of H-pyrrole nitrogens is 2. The van der Waals surface area contributed by atoms with Gasteiger partial charge in [-0.3, -0.25) is 19.2 Å². The minimum absolute atomic E-state index is 0.390. The zero-order chi connectivity index (χ0) is 53.6. The van der Waals surface area contributed by atoms with Crippen molar-refractivity contribution >= 4 is 92.7 Å². The van der Waals surface area contributed by atoms with Gasteiger partial charge in [0.25, 0.3) is 23.6 Å². The Kier molecular flexibility index (Phi) is 15.6. The van der Waals surface area contributed by atoms with E-state index in [1.54, 1.807) is 64.1 Å². The Morgan fingerprint density at radius 1 is 0.355 bits per heavy atom. The van der Waals surface area contributed by atoms with Crippen LogP contribution in [0.5, 0.6) is 0 Å². The number of hydrogen-bond donors (Lipinski definition) is 6. The molecule has 4 aromatic carbocycles. The Morgan fingerprint density at radius 3 is 0.895 bits per heavy atom. The van der Waals surface area contributed by atoms with Gasteiger partial charge < -0.3 is 50.2 Å². The Labute approximate surface area is 439 Å². The maximum Gasteiger partial charge on any atom is 0.253 e. The van der Waals surface area contributed by atoms with Gasteiger partial charge in [0.2, 0.25) is 0 Å². The third kappa shape index (κ3) is 10.6. The molecule has 4 amide bonds. The Morgan fingerprint density at radius 2 is 0.618 bits per heavy atom. The molecule has 0 saturated heterocycles. The van der Waals surface area contributed by atoms with Crippen LogP contribution in [0, 0.1) is 0 Å². The number of ether oxygens (including phenoxy) is 4. The fourth-order valence-electron chi connectivity index (χ4n) is 8.97. The van der Waals surface area contributed by atoms with E-state index in [0.717, 1.165) is 22.3 Å². The lowest BCUT2D eigenvalue weighted by Gasteiger charge is -2.20. The van der Waals surface area contributed by atoms with E-state index in [-0.39, 0.29) is 0 Å². The van der Waals surface area contributed by atoms with Gasteiger partial charge in [0.15, 0.2) is 0 Å². The third-order valence-corrected chi connectivity index (χ3v) is 13.4. The summed E-state index contributed by atoms with van der Waals surface area (Å²) in [6, 6.07) is 38.1. The minimum Gasteiger partial charge on any atom is -0.372 e. The lowest BCUT2D eigenvalue weighted by molar-refractivity contribution is -0.125. The van der Waals surface area contributed by atoms with E-state index >= 15 is 0 Å². The zero-order valence-electron chi connectivity index (χ0n) is 43.3. The van der Waals surface area contributed by atoms with Gasteiger partial charge in [-0.2, -0.15) is 0 Å². The number of hydrogen-bond acceptors (Lipinski definition) is 10. The standard InChI is InChI=1S/C60H58N8O8/c1-33(73-5)57(69)65-39-21-15-22-40(66-58(70)34(2)74-6)53(39)55-47-29-25-43(61-47)51(37-17-11-9-12-18-37)45-27-31-49(63-45)56(50-32-28-46(64-50)52(38-19-13-10-14-20-38)44-26-30-48(55)62-44)54-41(67-59(71)35(3)75-7)23-16-24-42(54)68-60(72)36(4)76-8/h9-36,61,64H,1-8H3,(H,65,69)(H,66,70)(H,67,71)(H,68,72)/t33-,34+,35-,36+. The Balaban J connectivity index is 1.46. The highest BCUT2D eigenvalue weighted by Gasteiger charge is 2.27. The molecule has 0 spiro atoms. The van der Waals surface area contributed by atoms with Crippen molar-refractivity contribution in [1.29, 1.82) is 0 Å². The average molecular weight is 1020 g/mol. The molecule has 3 aromatic heterocycles. The van der Waals surface area contributed by atoms with Gasteiger partial charge in [-0.1, -0.05) is 72.8 Å². The molecule has 2 aliphatic heterocycles. The number of nitrogens with zero attached hydrogens (tertiary/aromatic N) is 2. The first-order valence-corrected chi connectivity index (χ1v) is 24.7. The van der Waals surface area contributed by atoms with Gasteiger partial charge in [-0.05, 0) is 112 Å². The Bertz CT molecular complexity index is 3280. The second-order valence-corrected chi connectivity index (χ2v) is 18.2. The van der Waals surface area contributed by atoms with Crippen molar-refractivity contribution in [1.82, 2.24) is 19.9 Å². The number of rotatable bonds is 16. The lowest BCUT2D eigenvalue weighted by Crippen LogP contribution is -2.28. The van der Waals surface area contributed by atoms with Gasteiger partial charge in [-0.25, -0.2) is 9.97 Å². The number of nitrogens with one attached hydrogen (secondary N) is 6. The summed E-state index contributed by atoms with van der Waals surface area (Å²) in [5.41, 5.74) is 11.5. The molecule has 386 valence electrons. The number of methoxy groups -OCH3 is 4. The van der Waals surface area contributed by atoms with Crippen molar-refractivity contribution < 1.29 is 38.1 Å². The van der Waals surface area contributed by atoms with Gasteiger partial charge in [0.1, 0.15) is 24.4 Å². The molecule has 0 fully saturated rings. The van der Waals surface area contributed by atoms with Gasteiger partial charge in [0.05, 0.1) is 45.5 Å². The van der Waals surface area contributed by atoms with Crippen LogP contribution in [0.3, 0.4) is 0 Å². The number of aromatic amines is 2. The molecule has 0 aliphatic carbocycles. The van der Waals surface area contributed by atoms with Crippen LogP contribution in [0.1, 0.15) is 50.5 Å². The first kappa shape index (κ1) is 52.1. The van der Waals surface area contributed by atoms with Crippen LogP contribution < -0.4 is 21.3 Å².